The maximum absolute atomic E-state index is 6.27. The fourth-order valence-corrected chi connectivity index (χ4v) is 9.61. The molecule has 0 radical (unpaired) electrons. The van der Waals surface area contributed by atoms with Crippen molar-refractivity contribution in [2.24, 2.45) is 0 Å². The van der Waals surface area contributed by atoms with E-state index in [0.29, 0.717) is 99.1 Å². The quantitative estimate of drug-likeness (QED) is 0.165. The second-order valence-corrected chi connectivity index (χ2v) is 27.6. The van der Waals surface area contributed by atoms with E-state index in [-0.39, 0.29) is 32.5 Å². The fourth-order valence-electron chi connectivity index (χ4n) is 9.61. The summed E-state index contributed by atoms with van der Waals surface area (Å²) in [6.45, 7) is 39.3. The average Bonchev–Trinajstić information content (AvgIpc) is 3.36. The molecule has 0 spiro atoms. The minimum Gasteiger partial charge on any atom is -0.494 e. The van der Waals surface area contributed by atoms with E-state index in [2.05, 4.69) is 270 Å². The lowest BCUT2D eigenvalue weighted by molar-refractivity contribution is 0.423. The van der Waals surface area contributed by atoms with Crippen molar-refractivity contribution in [2.45, 2.75) is 157 Å². The van der Waals surface area contributed by atoms with Crippen LogP contribution < -0.4 is 28.4 Å². The van der Waals surface area contributed by atoms with Gasteiger partial charge in [-0.25, -0.2) is 0 Å². The first-order chi connectivity index (χ1) is 39.1. The van der Waals surface area contributed by atoms with Gasteiger partial charge in [0.25, 0.3) is 0 Å². The van der Waals surface area contributed by atoms with Crippen molar-refractivity contribution in [3.8, 4) is 34.5 Å². The van der Waals surface area contributed by atoms with Crippen LogP contribution in [0.2, 0.25) is 0 Å². The Labute approximate surface area is 503 Å². The van der Waals surface area contributed by atoms with Crippen LogP contribution in [-0.4, -0.2) is 42.7 Å². The summed E-state index contributed by atoms with van der Waals surface area (Å²) < 4.78 is 37.6. The molecule has 7 aromatic rings. The second kappa shape index (κ2) is 24.0. The molecule has 0 N–H and O–H groups in total. The SMILES string of the molecule is COc1c2c#cc3cc(C(C)(C)C)cc(c#cc4cc(C(C)(C)C)cc(c#cc5cc(C(C)(C)C)cc(c#cc6cc(C(C)(C)C)cc(c#cc7cc(C(C)(C)C)cc(c#cc1cc(C(C)(C)C)c2)c7OC)c6OC)c5OC)c4OC)c3OC. The predicted octanol–water partition coefficient (Wildman–Crippen LogP) is 19.1. The summed E-state index contributed by atoms with van der Waals surface area (Å²) >= 11 is 0. The first-order valence-electron chi connectivity index (χ1n) is 28.6. The second-order valence-electron chi connectivity index (χ2n) is 27.6. The third-order valence-electron chi connectivity index (χ3n) is 14.9. The highest BCUT2D eigenvalue weighted by molar-refractivity contribution is 5.87. The third kappa shape index (κ3) is 14.1. The molecule has 0 aliphatic rings. The lowest BCUT2D eigenvalue weighted by atomic mass is 9.85. The van der Waals surface area contributed by atoms with Crippen molar-refractivity contribution in [3.63, 3.8) is 0 Å². The van der Waals surface area contributed by atoms with Crippen LogP contribution in [0.1, 0.15) is 158 Å². The zero-order chi connectivity index (χ0) is 62.1. The van der Waals surface area contributed by atoms with Crippen LogP contribution in [0.3, 0.4) is 0 Å². The normalized spacial score (nSPS) is 11.7. The molecule has 432 valence electrons. The number of hydrogen-bond acceptors (Lipinski definition) is 6. The molecule has 0 amide bonds. The Morgan fingerprint density at radius 1 is 0.179 bits per heavy atom. The number of benzene rings is 6. The van der Waals surface area contributed by atoms with Crippen LogP contribution in [0.25, 0.3) is 64.6 Å². The number of ether oxygens (including phenoxy) is 6. The van der Waals surface area contributed by atoms with E-state index in [1.807, 2.05) is 0 Å². The Morgan fingerprint density at radius 3 is 0.321 bits per heavy atom. The van der Waals surface area contributed by atoms with Crippen molar-refractivity contribution in [1.29, 1.82) is 0 Å². The largest absolute Gasteiger partial charge is 0.494 e. The number of hydrogen-bond donors (Lipinski definition) is 0. The zero-order valence-corrected chi connectivity index (χ0v) is 54.4. The molecular weight excluding hydrogens is 1030 g/mol. The predicted molar refractivity (Wildman–Crippen MR) is 348 cm³/mol. The monoisotopic (exact) mass is 1120 g/mol. The summed E-state index contributed by atoms with van der Waals surface area (Å²) in [7, 11) is 9.97. The number of fused-ring (bicyclic) bond motifs is 12. The standard InChI is InChI=1S/C78H84O6/c1-73(2,3)61-37-49-25-27-51-39-62(74(4,5)6)41-53(68(51)80-20)29-31-55-43-64(76(10,11)12)45-57(70(55)82-22)33-35-59-47-66(78(16,17)18)48-60(72(59)84-24)36-34-58-46-65(77(13,14)15)44-56(71(58)83-23)32-30-54-42-63(75(7,8)9)40-52(69(54)81-21)28-26-50(38-61)67(49)79-19/h37-48H,1-24H3. The molecule has 0 heterocycles. The summed E-state index contributed by atoms with van der Waals surface area (Å²) in [5.74, 6) is 3.30. The van der Waals surface area contributed by atoms with Gasteiger partial charge in [0.2, 0.25) is 0 Å². The number of rotatable bonds is 6. The molecule has 0 atom stereocenters. The Bertz CT molecular complexity index is 3110. The van der Waals surface area contributed by atoms with Crippen molar-refractivity contribution in [1.82, 2.24) is 0 Å². The Hall–Kier alpha value is -8.52. The summed E-state index contributed by atoms with van der Waals surface area (Å²) in [5.41, 5.74) is 4.64. The fraction of sp³-hybridized carbons (Fsp3) is 0.385. The molecule has 84 heavy (non-hydrogen) atoms. The minimum atomic E-state index is -0.268. The topological polar surface area (TPSA) is 55.4 Å². The Balaban J connectivity index is 1.80. The van der Waals surface area contributed by atoms with E-state index in [4.69, 9.17) is 28.4 Å². The van der Waals surface area contributed by atoms with E-state index in [0.717, 1.165) is 33.4 Å². The van der Waals surface area contributed by atoms with Gasteiger partial charge < -0.3 is 28.4 Å². The van der Waals surface area contributed by atoms with Gasteiger partial charge in [-0.15, -0.1) is 0 Å². The molecule has 0 unspecified atom stereocenters. The zero-order valence-electron chi connectivity index (χ0n) is 54.4. The highest BCUT2D eigenvalue weighted by Gasteiger charge is 2.22. The van der Waals surface area contributed by atoms with Crippen molar-refractivity contribution >= 4 is 64.6 Å². The van der Waals surface area contributed by atoms with E-state index in [1.54, 1.807) is 42.7 Å². The molecule has 12 bridgehead atoms. The van der Waals surface area contributed by atoms with E-state index >= 15 is 0 Å². The van der Waals surface area contributed by atoms with Gasteiger partial charge in [-0.05, 0) is 139 Å². The van der Waals surface area contributed by atoms with Gasteiger partial charge in [0.15, 0.2) is 0 Å². The van der Waals surface area contributed by atoms with Crippen molar-refractivity contribution in [2.75, 3.05) is 42.7 Å². The molecule has 7 aromatic carbocycles. The Kier molecular flexibility index (Phi) is 18.0. The van der Waals surface area contributed by atoms with Crippen LogP contribution in [0.4, 0.5) is 0 Å². The smallest absolute Gasteiger partial charge is 0.150 e. The van der Waals surface area contributed by atoms with Crippen LogP contribution in [-0.2, 0) is 32.5 Å². The highest BCUT2D eigenvalue weighted by Crippen LogP contribution is 2.39. The summed E-state index contributed by atoms with van der Waals surface area (Å²) in [6.07, 6.45) is 0. The molecule has 0 aliphatic heterocycles. The van der Waals surface area contributed by atoms with Crippen LogP contribution >= 0.6 is 0 Å². The molecule has 0 saturated heterocycles. The molecule has 0 aliphatic carbocycles. The first kappa shape index (κ1) is 63.1. The van der Waals surface area contributed by atoms with Crippen LogP contribution in [0, 0.1) is 72.8 Å². The van der Waals surface area contributed by atoms with E-state index < -0.39 is 0 Å². The van der Waals surface area contributed by atoms with Gasteiger partial charge in [0, 0.05) is 0 Å². The lowest BCUT2D eigenvalue weighted by Gasteiger charge is -2.20. The summed E-state index contributed by atoms with van der Waals surface area (Å²) in [4.78, 5) is 0. The van der Waals surface area contributed by atoms with Gasteiger partial charge in [-0.1, -0.05) is 197 Å². The summed E-state index contributed by atoms with van der Waals surface area (Å²) in [5, 5.41) is 8.15. The molecule has 6 heteroatoms. The number of methoxy groups -OCH3 is 6. The van der Waals surface area contributed by atoms with Gasteiger partial charge in [0.05, 0.1) is 107 Å². The van der Waals surface area contributed by atoms with Gasteiger partial charge in [-0.2, -0.15) is 0 Å². The first-order valence-corrected chi connectivity index (χ1v) is 28.6. The van der Waals surface area contributed by atoms with Crippen molar-refractivity contribution in [3.05, 3.63) is 179 Å². The maximum atomic E-state index is 6.27. The molecule has 0 aromatic heterocycles. The molecule has 0 saturated carbocycles. The molecular formula is C78H84O6. The molecule has 0 fully saturated rings. The maximum Gasteiger partial charge on any atom is 0.150 e. The third-order valence-corrected chi connectivity index (χ3v) is 14.9. The lowest BCUT2D eigenvalue weighted by Crippen LogP contribution is -2.11. The molecule has 7 rings (SSSR count). The van der Waals surface area contributed by atoms with Gasteiger partial charge in [-0.3, -0.25) is 0 Å². The van der Waals surface area contributed by atoms with E-state index in [1.165, 1.54) is 0 Å². The average molecular weight is 1120 g/mol. The van der Waals surface area contributed by atoms with Crippen LogP contribution in [0.5, 0.6) is 34.5 Å². The van der Waals surface area contributed by atoms with Gasteiger partial charge >= 0.3 is 0 Å². The molecule has 6 nitrogen and oxygen atoms in total. The van der Waals surface area contributed by atoms with Gasteiger partial charge in [0.1, 0.15) is 34.5 Å². The van der Waals surface area contributed by atoms with Crippen molar-refractivity contribution < 1.29 is 28.4 Å². The van der Waals surface area contributed by atoms with E-state index in [9.17, 15) is 0 Å². The minimum absolute atomic E-state index is 0.268. The highest BCUT2D eigenvalue weighted by atomic mass is 16.5. The Morgan fingerprint density at radius 2 is 0.262 bits per heavy atom. The van der Waals surface area contributed by atoms with Crippen LogP contribution in [0.15, 0.2) is 72.8 Å². The summed E-state index contributed by atoms with van der Waals surface area (Å²) in [6, 6.07) is 67.6.